The fourth-order valence-electron chi connectivity index (χ4n) is 6.00. The van der Waals surface area contributed by atoms with Crippen molar-refractivity contribution in [1.82, 2.24) is 4.90 Å². The average molecular weight is 480 g/mol. The second kappa shape index (κ2) is 14.9. The third-order valence-corrected chi connectivity index (χ3v) is 8.82. The monoisotopic (exact) mass is 480 g/mol. The maximum absolute atomic E-state index is 11.1. The number of rotatable bonds is 0. The smallest absolute Gasteiger partial charge is 0.219 e. The first kappa shape index (κ1) is 33.5. The zero-order valence-corrected chi connectivity index (χ0v) is 24.5. The van der Waals surface area contributed by atoms with Crippen molar-refractivity contribution in [2.24, 2.45) is 34.0 Å². The Morgan fingerprint density at radius 3 is 1.00 bits per heavy atom. The Morgan fingerprint density at radius 2 is 0.794 bits per heavy atom. The van der Waals surface area contributed by atoms with Crippen molar-refractivity contribution in [1.29, 1.82) is 0 Å². The normalized spacial score (nSPS) is 21.4. The third-order valence-electron chi connectivity index (χ3n) is 8.82. The van der Waals surface area contributed by atoms with Crippen LogP contribution in [0.2, 0.25) is 0 Å². The summed E-state index contributed by atoms with van der Waals surface area (Å²) in [7, 11) is 0. The SMILES string of the molecule is C.CC(=O)N1CCC(C(C)(C)C)CC1.CC(C)(C)C1CCCCC1.CC(C)(C)C1CCCCC1. The van der Waals surface area contributed by atoms with Gasteiger partial charge in [0, 0.05) is 20.0 Å². The van der Waals surface area contributed by atoms with Gasteiger partial charge in [0.15, 0.2) is 0 Å². The van der Waals surface area contributed by atoms with Gasteiger partial charge in [-0.3, -0.25) is 4.79 Å². The molecule has 1 heterocycles. The number of amides is 1. The Bertz CT molecular complexity index is 497. The Balaban J connectivity index is 0.000000479. The fraction of sp³-hybridized carbons (Fsp3) is 0.969. The van der Waals surface area contributed by atoms with Gasteiger partial charge < -0.3 is 4.90 Å². The number of hydrogen-bond acceptors (Lipinski definition) is 1. The van der Waals surface area contributed by atoms with Crippen LogP contribution >= 0.6 is 0 Å². The van der Waals surface area contributed by atoms with E-state index >= 15 is 0 Å². The molecular weight excluding hydrogens is 414 g/mol. The van der Waals surface area contributed by atoms with Gasteiger partial charge in [-0.2, -0.15) is 0 Å². The quantitative estimate of drug-likeness (QED) is 0.338. The summed E-state index contributed by atoms with van der Waals surface area (Å²) >= 11 is 0. The van der Waals surface area contributed by atoms with Crippen LogP contribution < -0.4 is 0 Å². The molecule has 2 aliphatic carbocycles. The van der Waals surface area contributed by atoms with Crippen molar-refractivity contribution < 1.29 is 4.79 Å². The second-order valence-electron chi connectivity index (χ2n) is 14.5. The summed E-state index contributed by atoms with van der Waals surface area (Å²) in [5.74, 6) is 3.01. The van der Waals surface area contributed by atoms with E-state index in [-0.39, 0.29) is 13.3 Å². The Kier molecular flexibility index (Phi) is 14.7. The molecule has 3 aliphatic rings. The van der Waals surface area contributed by atoms with E-state index < -0.39 is 0 Å². The molecule has 3 rings (SSSR count). The summed E-state index contributed by atoms with van der Waals surface area (Å²) in [5.41, 5.74) is 1.55. The molecule has 1 amide bonds. The lowest BCUT2D eigenvalue weighted by Gasteiger charge is -2.38. The lowest BCUT2D eigenvalue weighted by atomic mass is 9.72. The summed E-state index contributed by atoms with van der Waals surface area (Å²) in [6.07, 6.45) is 17.1. The minimum atomic E-state index is 0. The van der Waals surface area contributed by atoms with E-state index in [1.54, 1.807) is 6.92 Å². The molecule has 3 fully saturated rings. The number of nitrogens with zero attached hydrogens (tertiary/aromatic N) is 1. The first-order valence-electron chi connectivity index (χ1n) is 14.4. The van der Waals surface area contributed by atoms with E-state index in [0.717, 1.165) is 30.8 Å². The lowest BCUT2D eigenvalue weighted by Crippen LogP contribution is -2.40. The highest BCUT2D eigenvalue weighted by atomic mass is 16.2. The van der Waals surface area contributed by atoms with Crippen LogP contribution in [0, 0.1) is 34.0 Å². The molecule has 0 atom stereocenters. The first-order chi connectivity index (χ1) is 15.1. The molecule has 2 nitrogen and oxygen atoms in total. The molecule has 1 aliphatic heterocycles. The van der Waals surface area contributed by atoms with Crippen molar-refractivity contribution in [2.45, 2.75) is 154 Å². The zero-order chi connectivity index (χ0) is 25.3. The van der Waals surface area contributed by atoms with Gasteiger partial charge in [0.2, 0.25) is 5.91 Å². The Morgan fingerprint density at radius 1 is 0.529 bits per heavy atom. The minimum absolute atomic E-state index is 0. The minimum Gasteiger partial charge on any atom is -0.343 e. The summed E-state index contributed by atoms with van der Waals surface area (Å²) in [6, 6.07) is 0. The number of carbonyl (C=O) groups excluding carboxylic acids is 1. The molecule has 0 N–H and O–H groups in total. The van der Waals surface area contributed by atoms with E-state index in [1.807, 2.05) is 4.90 Å². The number of carbonyl (C=O) groups is 1. The van der Waals surface area contributed by atoms with E-state index in [4.69, 9.17) is 0 Å². The maximum atomic E-state index is 11.1. The molecular formula is C32H65NO. The van der Waals surface area contributed by atoms with Crippen molar-refractivity contribution in [3.8, 4) is 0 Å². The van der Waals surface area contributed by atoms with Crippen LogP contribution in [-0.4, -0.2) is 23.9 Å². The van der Waals surface area contributed by atoms with E-state index in [2.05, 4.69) is 62.3 Å². The molecule has 1 saturated heterocycles. The average Bonchev–Trinajstić information content (AvgIpc) is 2.74. The Hall–Kier alpha value is -0.530. The van der Waals surface area contributed by atoms with Gasteiger partial charge in [0.25, 0.3) is 0 Å². The highest BCUT2D eigenvalue weighted by molar-refractivity contribution is 5.73. The molecule has 0 spiro atoms. The van der Waals surface area contributed by atoms with Gasteiger partial charge in [-0.15, -0.1) is 0 Å². The van der Waals surface area contributed by atoms with E-state index in [9.17, 15) is 4.79 Å². The zero-order valence-electron chi connectivity index (χ0n) is 24.5. The van der Waals surface area contributed by atoms with Crippen molar-refractivity contribution in [2.75, 3.05) is 13.1 Å². The standard InChI is InChI=1S/C11H21NO.2C10H20.CH4/c1-9(13)12-7-5-10(6-8-12)11(2,3)4;2*1-10(2,3)9-7-5-4-6-8-9;/h10H,5-8H2,1-4H3;2*9H,4-8H2,1-3H3;1H4. The molecule has 0 aromatic carbocycles. The maximum Gasteiger partial charge on any atom is 0.219 e. The molecule has 2 heteroatoms. The van der Waals surface area contributed by atoms with Crippen molar-refractivity contribution in [3.63, 3.8) is 0 Å². The molecule has 204 valence electrons. The lowest BCUT2D eigenvalue weighted by molar-refractivity contribution is -0.130. The summed E-state index contributed by atoms with van der Waals surface area (Å²) < 4.78 is 0. The Labute approximate surface area is 216 Å². The predicted octanol–water partition coefficient (Wildman–Crippen LogP) is 10.2. The van der Waals surface area contributed by atoms with Gasteiger partial charge >= 0.3 is 0 Å². The number of hydrogen-bond donors (Lipinski definition) is 0. The molecule has 2 saturated carbocycles. The van der Waals surface area contributed by atoms with E-state index in [0.29, 0.717) is 16.2 Å². The van der Waals surface area contributed by atoms with Gasteiger partial charge in [-0.05, 0) is 72.5 Å². The van der Waals surface area contributed by atoms with Gasteiger partial charge in [0.05, 0.1) is 0 Å². The van der Waals surface area contributed by atoms with Crippen LogP contribution in [0.4, 0.5) is 0 Å². The van der Waals surface area contributed by atoms with Crippen LogP contribution in [0.3, 0.4) is 0 Å². The van der Waals surface area contributed by atoms with Crippen LogP contribution in [0.5, 0.6) is 0 Å². The van der Waals surface area contributed by atoms with Gasteiger partial charge in [-0.25, -0.2) is 0 Å². The summed E-state index contributed by atoms with van der Waals surface area (Å²) in [6.45, 7) is 24.7. The number of likely N-dealkylation sites (tertiary alicyclic amines) is 1. The molecule has 0 radical (unpaired) electrons. The van der Waals surface area contributed by atoms with Crippen LogP contribution in [0.1, 0.15) is 154 Å². The highest BCUT2D eigenvalue weighted by Crippen LogP contribution is 2.38. The van der Waals surface area contributed by atoms with Gasteiger partial charge in [-0.1, -0.05) is 108 Å². The third kappa shape index (κ3) is 13.0. The predicted molar refractivity (Wildman–Crippen MR) is 153 cm³/mol. The second-order valence-corrected chi connectivity index (χ2v) is 14.5. The fourth-order valence-corrected chi connectivity index (χ4v) is 6.00. The first-order valence-corrected chi connectivity index (χ1v) is 14.4. The van der Waals surface area contributed by atoms with Crippen LogP contribution in [0.25, 0.3) is 0 Å². The van der Waals surface area contributed by atoms with Crippen molar-refractivity contribution >= 4 is 5.91 Å². The summed E-state index contributed by atoms with van der Waals surface area (Å²) in [4.78, 5) is 13.0. The van der Waals surface area contributed by atoms with Crippen LogP contribution in [0.15, 0.2) is 0 Å². The van der Waals surface area contributed by atoms with E-state index in [1.165, 1.54) is 77.0 Å². The molecule has 0 bridgehead atoms. The molecule has 0 aromatic rings. The van der Waals surface area contributed by atoms with Gasteiger partial charge in [0.1, 0.15) is 0 Å². The highest BCUT2D eigenvalue weighted by Gasteiger charge is 2.29. The topological polar surface area (TPSA) is 20.3 Å². The molecule has 34 heavy (non-hydrogen) atoms. The number of piperidine rings is 1. The molecule has 0 unspecified atom stereocenters. The van der Waals surface area contributed by atoms with Crippen molar-refractivity contribution in [3.05, 3.63) is 0 Å². The summed E-state index contributed by atoms with van der Waals surface area (Å²) in [5, 5.41) is 0. The van der Waals surface area contributed by atoms with Crippen LogP contribution in [-0.2, 0) is 4.79 Å². The molecule has 0 aromatic heterocycles. The largest absolute Gasteiger partial charge is 0.343 e.